The van der Waals surface area contributed by atoms with Gasteiger partial charge < -0.3 is 19.7 Å². The van der Waals surface area contributed by atoms with Crippen LogP contribution in [0.3, 0.4) is 0 Å². The fourth-order valence-electron chi connectivity index (χ4n) is 0.772. The van der Waals surface area contributed by atoms with E-state index in [9.17, 15) is 9.59 Å². The molecule has 1 rings (SSSR count). The number of esters is 1. The minimum atomic E-state index is -0.981. The average Bonchev–Trinajstić information content (AvgIpc) is 2.95. The number of carboxylic acids is 1. The first-order valence-corrected chi connectivity index (χ1v) is 5.82. The fraction of sp³-hybridized carbons (Fsp3) is 0.538. The van der Waals surface area contributed by atoms with Gasteiger partial charge in [0.15, 0.2) is 0 Å². The summed E-state index contributed by atoms with van der Waals surface area (Å²) in [6, 6.07) is 0. The first-order valence-electron chi connectivity index (χ1n) is 5.82. The molecule has 0 aromatic heterocycles. The fourth-order valence-corrected chi connectivity index (χ4v) is 0.772. The summed E-state index contributed by atoms with van der Waals surface area (Å²) in [5.41, 5.74) is 0.350. The molecule has 0 bridgehead atoms. The number of rotatable bonds is 4. The summed E-state index contributed by atoms with van der Waals surface area (Å²) in [6.07, 6.45) is 3.39. The van der Waals surface area contributed by atoms with Gasteiger partial charge in [0, 0.05) is 24.9 Å². The molecule has 0 saturated carbocycles. The molecule has 1 aliphatic heterocycles. The van der Waals surface area contributed by atoms with Gasteiger partial charge in [-0.25, -0.2) is 9.59 Å². The van der Waals surface area contributed by atoms with Crippen molar-refractivity contribution in [3.05, 3.63) is 24.8 Å². The van der Waals surface area contributed by atoms with Gasteiger partial charge >= 0.3 is 11.9 Å². The Morgan fingerprint density at radius 3 is 2.05 bits per heavy atom. The van der Waals surface area contributed by atoms with Crippen LogP contribution in [-0.2, 0) is 19.1 Å². The number of carbonyl (C=O) groups is 2. The molecule has 0 unspecified atom stereocenters. The van der Waals surface area contributed by atoms with Crippen molar-refractivity contribution in [2.45, 2.75) is 19.8 Å². The van der Waals surface area contributed by atoms with E-state index < -0.39 is 11.9 Å². The van der Waals surface area contributed by atoms with Crippen LogP contribution in [0, 0.1) is 0 Å². The highest BCUT2D eigenvalue weighted by Crippen LogP contribution is 1.98. The van der Waals surface area contributed by atoms with Crippen LogP contribution < -0.4 is 0 Å². The minimum Gasteiger partial charge on any atom is -0.478 e. The van der Waals surface area contributed by atoms with Crippen molar-refractivity contribution in [1.82, 2.24) is 0 Å². The number of hydrogen-bond acceptors (Lipinski definition) is 5. The topological polar surface area (TPSA) is 93.1 Å². The Morgan fingerprint density at radius 2 is 1.84 bits per heavy atom. The summed E-state index contributed by atoms with van der Waals surface area (Å²) >= 11 is 0. The second kappa shape index (κ2) is 14.4. The van der Waals surface area contributed by atoms with Crippen molar-refractivity contribution in [1.29, 1.82) is 0 Å². The molecule has 1 heterocycles. The van der Waals surface area contributed by atoms with E-state index >= 15 is 0 Å². The zero-order chi connectivity index (χ0) is 15.1. The summed E-state index contributed by atoms with van der Waals surface area (Å²) in [7, 11) is 0. The maximum Gasteiger partial charge on any atom is 0.333 e. The van der Waals surface area contributed by atoms with Crippen LogP contribution in [0.2, 0.25) is 0 Å². The Balaban J connectivity index is 0. The van der Waals surface area contributed by atoms with Crippen LogP contribution in [0.1, 0.15) is 19.8 Å². The summed E-state index contributed by atoms with van der Waals surface area (Å²) < 4.78 is 9.41. The van der Waals surface area contributed by atoms with Crippen molar-refractivity contribution in [2.24, 2.45) is 0 Å². The van der Waals surface area contributed by atoms with Gasteiger partial charge in [-0.05, 0) is 19.8 Å². The van der Waals surface area contributed by atoms with E-state index in [1.807, 2.05) is 0 Å². The van der Waals surface area contributed by atoms with E-state index in [4.69, 9.17) is 14.9 Å². The molecule has 2 N–H and O–H groups in total. The lowest BCUT2D eigenvalue weighted by atomic mass is 10.4. The highest BCUT2D eigenvalue weighted by atomic mass is 16.5. The second-order valence-electron chi connectivity index (χ2n) is 3.50. The minimum absolute atomic E-state index is 0.0473. The molecule has 1 saturated heterocycles. The molecule has 1 fully saturated rings. The number of hydrogen-bond donors (Lipinski definition) is 2. The van der Waals surface area contributed by atoms with Crippen molar-refractivity contribution < 1.29 is 29.3 Å². The summed E-state index contributed by atoms with van der Waals surface area (Å²) in [5.74, 6) is -1.44. The number of aliphatic carboxylic acids is 1. The molecule has 0 radical (unpaired) electrons. The maximum absolute atomic E-state index is 10.5. The molecule has 0 spiro atoms. The van der Waals surface area contributed by atoms with E-state index in [-0.39, 0.29) is 13.2 Å². The molecular weight excluding hydrogens is 252 g/mol. The zero-order valence-corrected chi connectivity index (χ0v) is 11.3. The molecule has 0 amide bonds. The Kier molecular flexibility index (Phi) is 14.9. The lowest BCUT2D eigenvalue weighted by molar-refractivity contribution is -0.139. The maximum atomic E-state index is 10.5. The Hall–Kier alpha value is -1.66. The molecule has 6 heteroatoms. The molecular formula is C13H22O6. The molecule has 0 atom stereocenters. The van der Waals surface area contributed by atoms with Crippen LogP contribution in [0.5, 0.6) is 0 Å². The molecule has 110 valence electrons. The van der Waals surface area contributed by atoms with Crippen LogP contribution in [-0.4, -0.2) is 48.6 Å². The average molecular weight is 274 g/mol. The molecule has 0 aliphatic carbocycles. The van der Waals surface area contributed by atoms with E-state index in [0.29, 0.717) is 5.57 Å². The number of carbonyl (C=O) groups excluding carboxylic acids is 1. The van der Waals surface area contributed by atoms with Crippen molar-refractivity contribution >= 4 is 11.9 Å². The number of ether oxygens (including phenoxy) is 2. The third-order valence-electron chi connectivity index (χ3n) is 1.67. The lowest BCUT2D eigenvalue weighted by Crippen LogP contribution is -2.08. The summed E-state index contributed by atoms with van der Waals surface area (Å²) in [4.78, 5) is 19.7. The standard InChI is InChI=1S/C6H10O3.C4H8O.C3H4O2/c1-5(2)6(8)9-4-3-7;1-2-4-5-3-1;1-2-3(4)5/h7H,1,3-4H2,2H3;1-4H2;2H,1H2,(H,4,5). The summed E-state index contributed by atoms with van der Waals surface area (Å²) in [6.45, 7) is 9.78. The Labute approximate surface area is 113 Å². The van der Waals surface area contributed by atoms with Crippen LogP contribution in [0.25, 0.3) is 0 Å². The number of aliphatic hydroxyl groups is 1. The van der Waals surface area contributed by atoms with Crippen molar-refractivity contribution in [2.75, 3.05) is 26.4 Å². The van der Waals surface area contributed by atoms with Crippen LogP contribution in [0.4, 0.5) is 0 Å². The van der Waals surface area contributed by atoms with Gasteiger partial charge in [0.25, 0.3) is 0 Å². The zero-order valence-electron chi connectivity index (χ0n) is 11.3. The largest absolute Gasteiger partial charge is 0.478 e. The molecule has 19 heavy (non-hydrogen) atoms. The van der Waals surface area contributed by atoms with E-state index in [1.54, 1.807) is 6.92 Å². The van der Waals surface area contributed by atoms with Gasteiger partial charge in [-0.1, -0.05) is 13.2 Å². The van der Waals surface area contributed by atoms with Gasteiger partial charge in [0.2, 0.25) is 0 Å². The normalized spacial score (nSPS) is 12.1. The molecule has 1 aliphatic rings. The van der Waals surface area contributed by atoms with Crippen LogP contribution >= 0.6 is 0 Å². The van der Waals surface area contributed by atoms with Crippen molar-refractivity contribution in [3.8, 4) is 0 Å². The Morgan fingerprint density at radius 1 is 1.37 bits per heavy atom. The lowest BCUT2D eigenvalue weighted by Gasteiger charge is -1.99. The monoisotopic (exact) mass is 274 g/mol. The SMILES string of the molecule is C1CCOC1.C=C(C)C(=O)OCCO.C=CC(=O)O. The third kappa shape index (κ3) is 18.9. The Bertz CT molecular complexity index is 273. The highest BCUT2D eigenvalue weighted by molar-refractivity contribution is 5.86. The first-order chi connectivity index (χ1) is 8.95. The van der Waals surface area contributed by atoms with Gasteiger partial charge in [0.05, 0.1) is 6.61 Å². The van der Waals surface area contributed by atoms with E-state index in [0.717, 1.165) is 19.3 Å². The molecule has 0 aromatic carbocycles. The molecule has 0 aromatic rings. The van der Waals surface area contributed by atoms with Gasteiger partial charge in [0.1, 0.15) is 6.61 Å². The van der Waals surface area contributed by atoms with E-state index in [2.05, 4.69) is 17.9 Å². The predicted molar refractivity (Wildman–Crippen MR) is 70.7 cm³/mol. The van der Waals surface area contributed by atoms with Crippen LogP contribution in [0.15, 0.2) is 24.8 Å². The highest BCUT2D eigenvalue weighted by Gasteiger charge is 1.99. The third-order valence-corrected chi connectivity index (χ3v) is 1.67. The van der Waals surface area contributed by atoms with Gasteiger partial charge in [-0.2, -0.15) is 0 Å². The van der Waals surface area contributed by atoms with Gasteiger partial charge in [-0.3, -0.25) is 0 Å². The quantitative estimate of drug-likeness (QED) is 0.590. The predicted octanol–water partition coefficient (Wildman–Crippen LogP) is 1.15. The van der Waals surface area contributed by atoms with Crippen molar-refractivity contribution in [3.63, 3.8) is 0 Å². The smallest absolute Gasteiger partial charge is 0.333 e. The second-order valence-corrected chi connectivity index (χ2v) is 3.50. The van der Waals surface area contributed by atoms with Gasteiger partial charge in [-0.15, -0.1) is 0 Å². The van der Waals surface area contributed by atoms with E-state index in [1.165, 1.54) is 12.8 Å². The first kappa shape index (κ1) is 19.7. The summed E-state index contributed by atoms with van der Waals surface area (Å²) in [5, 5.41) is 15.8. The number of aliphatic hydroxyl groups excluding tert-OH is 1. The molecule has 6 nitrogen and oxygen atoms in total. The number of carboxylic acid groups (broad SMARTS) is 1.